The van der Waals surface area contributed by atoms with Crippen LogP contribution in [0.4, 0.5) is 10.7 Å². The van der Waals surface area contributed by atoms with E-state index < -0.39 is 0 Å². The highest BCUT2D eigenvalue weighted by molar-refractivity contribution is 7.17. The van der Waals surface area contributed by atoms with Crippen molar-refractivity contribution in [2.45, 2.75) is 0 Å². The molecule has 4 nitrogen and oxygen atoms in total. The lowest BCUT2D eigenvalue weighted by Crippen LogP contribution is -1.97. The lowest BCUT2D eigenvalue weighted by molar-refractivity contribution is 1.36. The van der Waals surface area contributed by atoms with Crippen LogP contribution in [0.2, 0.25) is 0 Å². The highest BCUT2D eigenvalue weighted by Crippen LogP contribution is 2.34. The Bertz CT molecular complexity index is 433. The minimum atomic E-state index is 0.256. The fourth-order valence-electron chi connectivity index (χ4n) is 0.927. The summed E-state index contributed by atoms with van der Waals surface area (Å²) in [6.07, 6.45) is 1.67. The molecule has 0 bridgehead atoms. The molecule has 1 aromatic heterocycles. The molecule has 1 heterocycles. The number of anilines is 2. The Morgan fingerprint density at radius 1 is 1.50 bits per heavy atom. The lowest BCUT2D eigenvalue weighted by atomic mass is 10.2. The molecule has 0 aromatic carbocycles. The molecular formula is C9H8N4S. The van der Waals surface area contributed by atoms with Crippen LogP contribution in [0, 0.1) is 22.7 Å². The Hall–Kier alpha value is -1.98. The van der Waals surface area contributed by atoms with Gasteiger partial charge in [-0.3, -0.25) is 0 Å². The van der Waals surface area contributed by atoms with Crippen LogP contribution in [-0.4, -0.2) is 6.54 Å². The van der Waals surface area contributed by atoms with Gasteiger partial charge in [-0.1, -0.05) is 6.08 Å². The molecule has 0 radical (unpaired) electrons. The standard InChI is InChI=1S/C9H8N4S/c1-2-3-13-9-6(4-10)8(12)7(5-11)14-9/h2,13H,1,3,12H2. The number of hydrogen-bond donors (Lipinski definition) is 2. The Morgan fingerprint density at radius 2 is 2.21 bits per heavy atom. The zero-order valence-electron chi connectivity index (χ0n) is 7.37. The van der Waals surface area contributed by atoms with Crippen molar-refractivity contribution in [1.29, 1.82) is 10.5 Å². The molecule has 0 aliphatic carbocycles. The Labute approximate surface area is 85.9 Å². The van der Waals surface area contributed by atoms with Crippen molar-refractivity contribution in [3.05, 3.63) is 23.1 Å². The average molecular weight is 204 g/mol. The molecule has 3 N–H and O–H groups in total. The SMILES string of the molecule is C=CCNc1sc(C#N)c(N)c1C#N. The van der Waals surface area contributed by atoms with E-state index in [1.165, 1.54) is 11.3 Å². The smallest absolute Gasteiger partial charge is 0.131 e. The summed E-state index contributed by atoms with van der Waals surface area (Å²) in [4.78, 5) is 0.369. The van der Waals surface area contributed by atoms with Gasteiger partial charge in [0.25, 0.3) is 0 Å². The minimum Gasteiger partial charge on any atom is -0.396 e. The average Bonchev–Trinajstić information content (AvgIpc) is 2.51. The molecular weight excluding hydrogens is 196 g/mol. The molecule has 0 aliphatic rings. The van der Waals surface area contributed by atoms with E-state index in [1.807, 2.05) is 12.1 Å². The van der Waals surface area contributed by atoms with Crippen molar-refractivity contribution in [2.24, 2.45) is 0 Å². The summed E-state index contributed by atoms with van der Waals surface area (Å²) < 4.78 is 0. The monoisotopic (exact) mass is 204 g/mol. The van der Waals surface area contributed by atoms with E-state index in [0.29, 0.717) is 22.0 Å². The number of nitriles is 2. The van der Waals surface area contributed by atoms with Gasteiger partial charge in [0.15, 0.2) is 0 Å². The zero-order chi connectivity index (χ0) is 10.6. The molecule has 1 aromatic rings. The van der Waals surface area contributed by atoms with Crippen LogP contribution in [0.15, 0.2) is 12.7 Å². The maximum atomic E-state index is 8.81. The molecule has 5 heteroatoms. The van der Waals surface area contributed by atoms with Gasteiger partial charge in [-0.2, -0.15) is 10.5 Å². The van der Waals surface area contributed by atoms with Gasteiger partial charge in [-0.05, 0) is 0 Å². The third kappa shape index (κ3) is 1.68. The zero-order valence-corrected chi connectivity index (χ0v) is 8.19. The van der Waals surface area contributed by atoms with Gasteiger partial charge in [0, 0.05) is 6.54 Å². The molecule has 1 rings (SSSR count). The first kappa shape index (κ1) is 10.1. The van der Waals surface area contributed by atoms with Crippen molar-refractivity contribution >= 4 is 22.0 Å². The first-order chi connectivity index (χ1) is 6.74. The topological polar surface area (TPSA) is 85.6 Å². The predicted octanol–water partition coefficient (Wildman–Crippen LogP) is 1.67. The van der Waals surface area contributed by atoms with Gasteiger partial charge in [-0.15, -0.1) is 17.9 Å². The van der Waals surface area contributed by atoms with E-state index in [0.717, 1.165) is 0 Å². The van der Waals surface area contributed by atoms with E-state index >= 15 is 0 Å². The van der Waals surface area contributed by atoms with Gasteiger partial charge in [0.05, 0.1) is 5.69 Å². The Balaban J connectivity index is 3.12. The van der Waals surface area contributed by atoms with Crippen molar-refractivity contribution in [2.75, 3.05) is 17.6 Å². The quantitative estimate of drug-likeness (QED) is 0.733. The molecule has 0 unspecified atom stereocenters. The maximum Gasteiger partial charge on any atom is 0.131 e. The molecule has 0 saturated carbocycles. The van der Waals surface area contributed by atoms with Gasteiger partial charge < -0.3 is 11.1 Å². The third-order valence-corrected chi connectivity index (χ3v) is 2.63. The van der Waals surface area contributed by atoms with Crippen LogP contribution in [0.5, 0.6) is 0 Å². The second-order valence-corrected chi connectivity index (χ2v) is 3.46. The second-order valence-electron chi connectivity index (χ2n) is 2.44. The van der Waals surface area contributed by atoms with E-state index in [4.69, 9.17) is 16.3 Å². The molecule has 0 saturated heterocycles. The number of nitrogens with zero attached hydrogens (tertiary/aromatic N) is 2. The Morgan fingerprint density at radius 3 is 2.71 bits per heavy atom. The number of nitrogen functional groups attached to an aromatic ring is 1. The molecule has 0 amide bonds. The second kappa shape index (κ2) is 4.31. The third-order valence-electron chi connectivity index (χ3n) is 1.57. The normalized spacial score (nSPS) is 8.71. The number of nitrogens with two attached hydrogens (primary N) is 1. The number of rotatable bonds is 3. The van der Waals surface area contributed by atoms with Crippen molar-refractivity contribution < 1.29 is 0 Å². The highest BCUT2D eigenvalue weighted by Gasteiger charge is 2.14. The molecule has 0 fully saturated rings. The van der Waals surface area contributed by atoms with Crippen LogP contribution < -0.4 is 11.1 Å². The van der Waals surface area contributed by atoms with Gasteiger partial charge in [0.2, 0.25) is 0 Å². The highest BCUT2D eigenvalue weighted by atomic mass is 32.1. The lowest BCUT2D eigenvalue weighted by Gasteiger charge is -1.98. The van der Waals surface area contributed by atoms with Crippen LogP contribution in [0.25, 0.3) is 0 Å². The van der Waals surface area contributed by atoms with E-state index in [2.05, 4.69) is 11.9 Å². The Kier molecular flexibility index (Phi) is 3.11. The summed E-state index contributed by atoms with van der Waals surface area (Å²) in [6, 6.07) is 3.91. The van der Waals surface area contributed by atoms with Crippen molar-refractivity contribution in [1.82, 2.24) is 0 Å². The van der Waals surface area contributed by atoms with Gasteiger partial charge >= 0.3 is 0 Å². The minimum absolute atomic E-state index is 0.256. The summed E-state index contributed by atoms with van der Waals surface area (Å²) in [7, 11) is 0. The van der Waals surface area contributed by atoms with Crippen LogP contribution in [0.1, 0.15) is 10.4 Å². The number of nitrogens with one attached hydrogen (secondary N) is 1. The van der Waals surface area contributed by atoms with Crippen LogP contribution >= 0.6 is 11.3 Å². The molecule has 0 aliphatic heterocycles. The number of hydrogen-bond acceptors (Lipinski definition) is 5. The molecule has 14 heavy (non-hydrogen) atoms. The van der Waals surface area contributed by atoms with E-state index in [-0.39, 0.29) is 5.69 Å². The van der Waals surface area contributed by atoms with Gasteiger partial charge in [0.1, 0.15) is 27.6 Å². The molecule has 0 spiro atoms. The van der Waals surface area contributed by atoms with Crippen LogP contribution in [0.3, 0.4) is 0 Å². The summed E-state index contributed by atoms with van der Waals surface area (Å²) in [6.45, 7) is 4.08. The van der Waals surface area contributed by atoms with E-state index in [1.54, 1.807) is 6.08 Å². The summed E-state index contributed by atoms with van der Waals surface area (Å²) >= 11 is 1.18. The fourth-order valence-corrected chi connectivity index (χ4v) is 1.80. The maximum absolute atomic E-state index is 8.81. The summed E-state index contributed by atoms with van der Waals surface area (Å²) in [5.41, 5.74) is 6.19. The van der Waals surface area contributed by atoms with Crippen molar-refractivity contribution in [3.63, 3.8) is 0 Å². The summed E-state index contributed by atoms with van der Waals surface area (Å²) in [5.74, 6) is 0. The summed E-state index contributed by atoms with van der Waals surface area (Å²) in [5, 5.41) is 21.1. The number of thiophene rings is 1. The molecule has 0 atom stereocenters. The first-order valence-corrected chi connectivity index (χ1v) is 4.63. The first-order valence-electron chi connectivity index (χ1n) is 3.81. The predicted molar refractivity (Wildman–Crippen MR) is 56.8 cm³/mol. The van der Waals surface area contributed by atoms with E-state index in [9.17, 15) is 0 Å². The van der Waals surface area contributed by atoms with Gasteiger partial charge in [-0.25, -0.2) is 0 Å². The fraction of sp³-hybridized carbons (Fsp3) is 0.111. The van der Waals surface area contributed by atoms with Crippen molar-refractivity contribution in [3.8, 4) is 12.1 Å². The van der Waals surface area contributed by atoms with Crippen LogP contribution in [-0.2, 0) is 0 Å². The largest absolute Gasteiger partial charge is 0.396 e. The molecule has 70 valence electrons.